The molecular formula is C12H24N2. The van der Waals surface area contributed by atoms with Gasteiger partial charge in [0.25, 0.3) is 0 Å². The van der Waals surface area contributed by atoms with Crippen LogP contribution in [-0.2, 0) is 0 Å². The van der Waals surface area contributed by atoms with Crippen LogP contribution in [0, 0.1) is 5.92 Å². The third-order valence-corrected chi connectivity index (χ3v) is 3.99. The first-order valence-electron chi connectivity index (χ1n) is 6.26. The van der Waals surface area contributed by atoms with Crippen molar-refractivity contribution in [3.05, 3.63) is 0 Å². The minimum absolute atomic E-state index is 0.194. The topological polar surface area (TPSA) is 29.3 Å². The molecule has 0 aromatic rings. The normalized spacial score (nSPS) is 39.4. The van der Waals surface area contributed by atoms with Crippen LogP contribution in [0.4, 0.5) is 0 Å². The number of hydrogen-bond acceptors (Lipinski definition) is 2. The van der Waals surface area contributed by atoms with Crippen LogP contribution in [-0.4, -0.2) is 30.1 Å². The van der Waals surface area contributed by atoms with E-state index in [0.717, 1.165) is 12.5 Å². The van der Waals surface area contributed by atoms with E-state index in [1.807, 2.05) is 0 Å². The summed E-state index contributed by atoms with van der Waals surface area (Å²) < 4.78 is 0. The summed E-state index contributed by atoms with van der Waals surface area (Å²) in [6.45, 7) is 6.00. The van der Waals surface area contributed by atoms with Gasteiger partial charge >= 0.3 is 0 Å². The molecule has 14 heavy (non-hydrogen) atoms. The Morgan fingerprint density at radius 3 is 2.36 bits per heavy atom. The average Bonchev–Trinajstić information content (AvgIpc) is 2.87. The van der Waals surface area contributed by atoms with Crippen molar-refractivity contribution < 1.29 is 0 Å². The van der Waals surface area contributed by atoms with Gasteiger partial charge in [-0.3, -0.25) is 0 Å². The quantitative estimate of drug-likeness (QED) is 0.748. The first kappa shape index (κ1) is 10.4. The summed E-state index contributed by atoms with van der Waals surface area (Å²) in [4.78, 5) is 2.60. The first-order chi connectivity index (χ1) is 6.74. The van der Waals surface area contributed by atoms with Crippen molar-refractivity contribution in [3.63, 3.8) is 0 Å². The van der Waals surface area contributed by atoms with E-state index in [0.29, 0.717) is 0 Å². The number of nitrogens with two attached hydrogens (primary N) is 1. The molecule has 1 aliphatic carbocycles. The van der Waals surface area contributed by atoms with Gasteiger partial charge in [0.15, 0.2) is 0 Å². The molecule has 0 radical (unpaired) electrons. The van der Waals surface area contributed by atoms with Gasteiger partial charge in [-0.25, -0.2) is 0 Å². The highest BCUT2D eigenvalue weighted by Gasteiger charge is 2.50. The van der Waals surface area contributed by atoms with E-state index in [-0.39, 0.29) is 5.54 Å². The molecule has 2 nitrogen and oxygen atoms in total. The summed E-state index contributed by atoms with van der Waals surface area (Å²) in [5, 5.41) is 0. The molecule has 1 saturated carbocycles. The van der Waals surface area contributed by atoms with Crippen LogP contribution in [0.25, 0.3) is 0 Å². The van der Waals surface area contributed by atoms with Crippen molar-refractivity contribution in [1.82, 2.24) is 4.90 Å². The maximum atomic E-state index is 6.34. The highest BCUT2D eigenvalue weighted by molar-refractivity contribution is 5.08. The van der Waals surface area contributed by atoms with E-state index in [1.165, 1.54) is 51.6 Å². The van der Waals surface area contributed by atoms with Gasteiger partial charge in [0.1, 0.15) is 0 Å². The smallest absolute Gasteiger partial charge is 0.0315 e. The Morgan fingerprint density at radius 2 is 1.86 bits per heavy atom. The fourth-order valence-electron chi connectivity index (χ4n) is 2.85. The molecule has 0 bridgehead atoms. The van der Waals surface area contributed by atoms with Crippen LogP contribution >= 0.6 is 0 Å². The summed E-state index contributed by atoms with van der Waals surface area (Å²) in [7, 11) is 0. The van der Waals surface area contributed by atoms with Gasteiger partial charge < -0.3 is 10.6 Å². The van der Waals surface area contributed by atoms with Gasteiger partial charge in [-0.05, 0) is 38.3 Å². The summed E-state index contributed by atoms with van der Waals surface area (Å²) >= 11 is 0. The maximum absolute atomic E-state index is 6.34. The molecule has 2 atom stereocenters. The van der Waals surface area contributed by atoms with Gasteiger partial charge in [0, 0.05) is 12.1 Å². The summed E-state index contributed by atoms with van der Waals surface area (Å²) in [5.74, 6) is 0.811. The highest BCUT2D eigenvalue weighted by Crippen LogP contribution is 2.44. The average molecular weight is 196 g/mol. The standard InChI is InChI=1S/C12H24N2/c1-2-11-9-12(11,13)10-14-7-5-3-4-6-8-14/h11H,2-10,13H2,1H3. The molecule has 2 N–H and O–H groups in total. The number of likely N-dealkylation sites (tertiary alicyclic amines) is 1. The fraction of sp³-hybridized carbons (Fsp3) is 1.00. The van der Waals surface area contributed by atoms with Crippen molar-refractivity contribution in [2.75, 3.05) is 19.6 Å². The Kier molecular flexibility index (Phi) is 3.13. The summed E-state index contributed by atoms with van der Waals surface area (Å²) in [5.41, 5.74) is 6.54. The van der Waals surface area contributed by atoms with E-state index < -0.39 is 0 Å². The molecular weight excluding hydrogens is 172 g/mol. The largest absolute Gasteiger partial charge is 0.324 e. The van der Waals surface area contributed by atoms with Gasteiger partial charge in [0.05, 0.1) is 0 Å². The van der Waals surface area contributed by atoms with Crippen LogP contribution in [0.5, 0.6) is 0 Å². The molecule has 0 amide bonds. The molecule has 1 saturated heterocycles. The van der Waals surface area contributed by atoms with Crippen molar-refractivity contribution in [2.45, 2.75) is 51.0 Å². The molecule has 1 aliphatic heterocycles. The fourth-order valence-corrected chi connectivity index (χ4v) is 2.85. The van der Waals surface area contributed by atoms with Crippen molar-refractivity contribution in [3.8, 4) is 0 Å². The monoisotopic (exact) mass is 196 g/mol. The van der Waals surface area contributed by atoms with E-state index in [2.05, 4.69) is 11.8 Å². The molecule has 2 fully saturated rings. The van der Waals surface area contributed by atoms with Gasteiger partial charge in [-0.1, -0.05) is 26.2 Å². The lowest BCUT2D eigenvalue weighted by Gasteiger charge is -2.24. The zero-order chi connectivity index (χ0) is 10.0. The van der Waals surface area contributed by atoms with Crippen LogP contribution in [0.1, 0.15) is 45.4 Å². The molecule has 2 heteroatoms. The van der Waals surface area contributed by atoms with Crippen LogP contribution in [0.2, 0.25) is 0 Å². The van der Waals surface area contributed by atoms with Crippen LogP contribution in [0.3, 0.4) is 0 Å². The Morgan fingerprint density at radius 1 is 1.21 bits per heavy atom. The lowest BCUT2D eigenvalue weighted by Crippen LogP contribution is -2.41. The number of rotatable bonds is 3. The van der Waals surface area contributed by atoms with E-state index >= 15 is 0 Å². The number of hydrogen-bond donors (Lipinski definition) is 1. The molecule has 2 aliphatic rings. The Bertz CT molecular complexity index is 185. The summed E-state index contributed by atoms with van der Waals surface area (Å²) in [6, 6.07) is 0. The maximum Gasteiger partial charge on any atom is 0.0315 e. The minimum Gasteiger partial charge on any atom is -0.324 e. The predicted molar refractivity (Wildman–Crippen MR) is 60.2 cm³/mol. The van der Waals surface area contributed by atoms with Crippen molar-refractivity contribution in [2.24, 2.45) is 11.7 Å². The van der Waals surface area contributed by atoms with Crippen molar-refractivity contribution in [1.29, 1.82) is 0 Å². The third-order valence-electron chi connectivity index (χ3n) is 3.99. The Hall–Kier alpha value is -0.0800. The van der Waals surface area contributed by atoms with Gasteiger partial charge in [-0.2, -0.15) is 0 Å². The zero-order valence-electron chi connectivity index (χ0n) is 9.47. The predicted octanol–water partition coefficient (Wildman–Crippen LogP) is 1.99. The molecule has 0 aromatic heterocycles. The second-order valence-electron chi connectivity index (χ2n) is 5.23. The van der Waals surface area contributed by atoms with E-state index in [4.69, 9.17) is 5.73 Å². The van der Waals surface area contributed by atoms with E-state index in [1.54, 1.807) is 0 Å². The molecule has 82 valence electrons. The van der Waals surface area contributed by atoms with Crippen LogP contribution < -0.4 is 5.73 Å². The molecule has 2 unspecified atom stereocenters. The van der Waals surface area contributed by atoms with Gasteiger partial charge in [0.2, 0.25) is 0 Å². The van der Waals surface area contributed by atoms with Gasteiger partial charge in [-0.15, -0.1) is 0 Å². The first-order valence-corrected chi connectivity index (χ1v) is 6.26. The molecule has 0 spiro atoms. The van der Waals surface area contributed by atoms with Crippen molar-refractivity contribution >= 4 is 0 Å². The third kappa shape index (κ3) is 2.29. The lowest BCUT2D eigenvalue weighted by atomic mass is 10.1. The highest BCUT2D eigenvalue weighted by atomic mass is 15.2. The molecule has 0 aromatic carbocycles. The second kappa shape index (κ2) is 4.19. The second-order valence-corrected chi connectivity index (χ2v) is 5.23. The molecule has 2 rings (SSSR count). The van der Waals surface area contributed by atoms with Crippen LogP contribution in [0.15, 0.2) is 0 Å². The van der Waals surface area contributed by atoms with E-state index in [9.17, 15) is 0 Å². The Balaban J connectivity index is 1.79. The SMILES string of the molecule is CCC1CC1(N)CN1CCCCCC1. The zero-order valence-corrected chi connectivity index (χ0v) is 9.47. The lowest BCUT2D eigenvalue weighted by molar-refractivity contribution is 0.252. The Labute approximate surface area is 87.8 Å². The summed E-state index contributed by atoms with van der Waals surface area (Å²) in [6.07, 6.45) is 8.14. The minimum atomic E-state index is 0.194. The molecule has 1 heterocycles. The number of nitrogens with zero attached hydrogens (tertiary/aromatic N) is 1.